The highest BCUT2D eigenvalue weighted by atomic mass is 16.4. The summed E-state index contributed by atoms with van der Waals surface area (Å²) < 4.78 is 0. The first-order chi connectivity index (χ1) is 7.49. The van der Waals surface area contributed by atoms with Gasteiger partial charge in [0, 0.05) is 18.9 Å². The summed E-state index contributed by atoms with van der Waals surface area (Å²) in [5.41, 5.74) is 0. The molecule has 1 N–H and O–H groups in total. The van der Waals surface area contributed by atoms with E-state index >= 15 is 0 Å². The van der Waals surface area contributed by atoms with Gasteiger partial charge in [-0.3, -0.25) is 9.59 Å². The van der Waals surface area contributed by atoms with Crippen molar-refractivity contribution in [3.8, 4) is 12.3 Å². The Morgan fingerprint density at radius 2 is 2.00 bits per heavy atom. The monoisotopic (exact) mass is 225 g/mol. The lowest BCUT2D eigenvalue weighted by molar-refractivity contribution is -0.145. The molecule has 4 heteroatoms. The summed E-state index contributed by atoms with van der Waals surface area (Å²) in [6, 6.07) is -0.0868. The molecule has 0 aromatic rings. The Balaban J connectivity index is 4.08. The average molecular weight is 225 g/mol. The number of carbonyl (C=O) groups excluding carboxylic acids is 1. The van der Waals surface area contributed by atoms with Crippen LogP contribution in [0.4, 0.5) is 0 Å². The third kappa shape index (κ3) is 6.07. The van der Waals surface area contributed by atoms with Gasteiger partial charge in [0.25, 0.3) is 0 Å². The molecule has 0 bridgehead atoms. The van der Waals surface area contributed by atoms with Gasteiger partial charge in [0.1, 0.15) is 6.54 Å². The molecule has 1 amide bonds. The number of carbonyl (C=O) groups is 2. The minimum absolute atomic E-state index is 0.0868. The van der Waals surface area contributed by atoms with Gasteiger partial charge in [-0.05, 0) is 26.7 Å². The van der Waals surface area contributed by atoms with Crippen molar-refractivity contribution in [1.29, 1.82) is 0 Å². The number of hydrogen-bond acceptors (Lipinski definition) is 2. The summed E-state index contributed by atoms with van der Waals surface area (Å²) in [7, 11) is 0. The maximum absolute atomic E-state index is 11.7. The van der Waals surface area contributed by atoms with Crippen molar-refractivity contribution >= 4 is 11.9 Å². The Morgan fingerprint density at radius 3 is 2.44 bits per heavy atom. The fraction of sp³-hybridized carbons (Fsp3) is 0.667. The highest BCUT2D eigenvalue weighted by Crippen LogP contribution is 2.06. The molecule has 0 radical (unpaired) electrons. The largest absolute Gasteiger partial charge is 0.480 e. The third-order valence-electron chi connectivity index (χ3n) is 2.21. The second-order valence-corrected chi connectivity index (χ2v) is 3.92. The van der Waals surface area contributed by atoms with E-state index in [0.717, 1.165) is 6.42 Å². The van der Waals surface area contributed by atoms with Crippen LogP contribution in [0.25, 0.3) is 0 Å². The summed E-state index contributed by atoms with van der Waals surface area (Å²) in [4.78, 5) is 23.6. The van der Waals surface area contributed by atoms with E-state index < -0.39 is 5.97 Å². The van der Waals surface area contributed by atoms with E-state index in [1.165, 1.54) is 4.90 Å². The molecule has 0 unspecified atom stereocenters. The summed E-state index contributed by atoms with van der Waals surface area (Å²) in [5, 5.41) is 8.67. The van der Waals surface area contributed by atoms with Crippen molar-refractivity contribution in [3.63, 3.8) is 0 Å². The van der Waals surface area contributed by atoms with Gasteiger partial charge in [-0.15, -0.1) is 12.3 Å². The molecular weight excluding hydrogens is 206 g/mol. The van der Waals surface area contributed by atoms with E-state index in [0.29, 0.717) is 19.3 Å². The lowest BCUT2D eigenvalue weighted by Crippen LogP contribution is -2.40. The van der Waals surface area contributed by atoms with Crippen LogP contribution in [0.5, 0.6) is 0 Å². The van der Waals surface area contributed by atoms with Gasteiger partial charge in [-0.25, -0.2) is 0 Å². The van der Waals surface area contributed by atoms with Gasteiger partial charge < -0.3 is 10.0 Å². The quantitative estimate of drug-likeness (QED) is 0.527. The number of aliphatic carboxylic acids is 1. The average Bonchev–Trinajstić information content (AvgIpc) is 2.20. The Kier molecular flexibility index (Phi) is 7.02. The Bertz CT molecular complexity index is 278. The molecule has 0 aromatic carbocycles. The molecule has 0 aliphatic heterocycles. The van der Waals surface area contributed by atoms with Crippen LogP contribution in [-0.4, -0.2) is 34.5 Å². The zero-order chi connectivity index (χ0) is 12.6. The van der Waals surface area contributed by atoms with Crippen LogP contribution in [0.1, 0.15) is 39.5 Å². The molecule has 90 valence electrons. The SMILES string of the molecule is C#CCCCCC(=O)N(CC(=O)O)C(C)C. The molecule has 0 fully saturated rings. The van der Waals surface area contributed by atoms with Crippen LogP contribution in [-0.2, 0) is 9.59 Å². The van der Waals surface area contributed by atoms with Crippen LogP contribution in [0.3, 0.4) is 0 Å². The molecule has 0 aliphatic rings. The molecule has 0 atom stereocenters. The van der Waals surface area contributed by atoms with Gasteiger partial charge in [0.05, 0.1) is 0 Å². The number of rotatable bonds is 7. The van der Waals surface area contributed by atoms with Gasteiger partial charge in [0.15, 0.2) is 0 Å². The van der Waals surface area contributed by atoms with Crippen LogP contribution in [0.15, 0.2) is 0 Å². The van der Waals surface area contributed by atoms with Gasteiger partial charge in [-0.2, -0.15) is 0 Å². The number of hydrogen-bond donors (Lipinski definition) is 1. The van der Waals surface area contributed by atoms with E-state index in [1.54, 1.807) is 0 Å². The van der Waals surface area contributed by atoms with Crippen LogP contribution < -0.4 is 0 Å². The fourth-order valence-electron chi connectivity index (χ4n) is 1.35. The summed E-state index contributed by atoms with van der Waals surface area (Å²) in [6.45, 7) is 3.39. The van der Waals surface area contributed by atoms with Crippen molar-refractivity contribution in [1.82, 2.24) is 4.90 Å². The lowest BCUT2D eigenvalue weighted by Gasteiger charge is -2.24. The molecule has 0 saturated heterocycles. The van der Waals surface area contributed by atoms with Crippen LogP contribution in [0, 0.1) is 12.3 Å². The number of unbranched alkanes of at least 4 members (excludes halogenated alkanes) is 2. The van der Waals surface area contributed by atoms with Crippen molar-refractivity contribution in [3.05, 3.63) is 0 Å². The van der Waals surface area contributed by atoms with E-state index in [2.05, 4.69) is 5.92 Å². The van der Waals surface area contributed by atoms with Crippen molar-refractivity contribution in [2.45, 2.75) is 45.6 Å². The molecule has 0 heterocycles. The lowest BCUT2D eigenvalue weighted by atomic mass is 10.1. The summed E-state index contributed by atoms with van der Waals surface area (Å²) in [6.07, 6.45) is 7.65. The summed E-state index contributed by atoms with van der Waals surface area (Å²) in [5.74, 6) is 1.41. The topological polar surface area (TPSA) is 57.6 Å². The molecule has 0 aliphatic carbocycles. The molecular formula is C12H19NO3. The van der Waals surface area contributed by atoms with Crippen molar-refractivity contribution < 1.29 is 14.7 Å². The zero-order valence-corrected chi connectivity index (χ0v) is 9.90. The highest BCUT2D eigenvalue weighted by Gasteiger charge is 2.18. The van der Waals surface area contributed by atoms with E-state index in [-0.39, 0.29) is 18.5 Å². The number of amides is 1. The molecule has 0 saturated carbocycles. The standard InChI is InChI=1S/C12H19NO3/c1-4-5-6-7-8-11(14)13(10(2)3)9-12(15)16/h1,10H,5-9H2,2-3H3,(H,15,16). The smallest absolute Gasteiger partial charge is 0.323 e. The Hall–Kier alpha value is -1.50. The predicted molar refractivity (Wildman–Crippen MR) is 61.8 cm³/mol. The first kappa shape index (κ1) is 14.5. The van der Waals surface area contributed by atoms with Gasteiger partial charge >= 0.3 is 5.97 Å². The van der Waals surface area contributed by atoms with Crippen LogP contribution >= 0.6 is 0 Å². The van der Waals surface area contributed by atoms with Crippen molar-refractivity contribution in [2.75, 3.05) is 6.54 Å². The number of carboxylic acids is 1. The van der Waals surface area contributed by atoms with E-state index in [1.807, 2.05) is 13.8 Å². The van der Waals surface area contributed by atoms with Crippen molar-refractivity contribution in [2.24, 2.45) is 0 Å². The zero-order valence-electron chi connectivity index (χ0n) is 9.90. The molecule has 4 nitrogen and oxygen atoms in total. The fourth-order valence-corrected chi connectivity index (χ4v) is 1.35. The minimum Gasteiger partial charge on any atom is -0.480 e. The van der Waals surface area contributed by atoms with Gasteiger partial charge in [-0.1, -0.05) is 0 Å². The molecule has 0 aromatic heterocycles. The Morgan fingerprint density at radius 1 is 1.38 bits per heavy atom. The summed E-state index contributed by atoms with van der Waals surface area (Å²) >= 11 is 0. The first-order valence-corrected chi connectivity index (χ1v) is 5.43. The minimum atomic E-state index is -0.981. The third-order valence-corrected chi connectivity index (χ3v) is 2.21. The Labute approximate surface area is 96.6 Å². The first-order valence-electron chi connectivity index (χ1n) is 5.43. The second kappa shape index (κ2) is 7.75. The number of carboxylic acid groups (broad SMARTS) is 1. The van der Waals surface area contributed by atoms with E-state index in [4.69, 9.17) is 11.5 Å². The maximum atomic E-state index is 11.7. The normalized spacial score (nSPS) is 9.88. The highest BCUT2D eigenvalue weighted by molar-refractivity contribution is 5.81. The van der Waals surface area contributed by atoms with Crippen LogP contribution in [0.2, 0.25) is 0 Å². The second-order valence-electron chi connectivity index (χ2n) is 3.92. The van der Waals surface area contributed by atoms with Gasteiger partial charge in [0.2, 0.25) is 5.91 Å². The predicted octanol–water partition coefficient (Wildman–Crippen LogP) is 1.50. The number of terminal acetylenes is 1. The number of nitrogens with zero attached hydrogens (tertiary/aromatic N) is 1. The molecule has 0 rings (SSSR count). The maximum Gasteiger partial charge on any atom is 0.323 e. The molecule has 16 heavy (non-hydrogen) atoms. The van der Waals surface area contributed by atoms with E-state index in [9.17, 15) is 9.59 Å². The molecule has 0 spiro atoms.